The summed E-state index contributed by atoms with van der Waals surface area (Å²) in [5, 5.41) is 3.31. The number of carbonyl (C=O) groups excluding carboxylic acids is 1. The molecule has 1 aliphatic rings. The summed E-state index contributed by atoms with van der Waals surface area (Å²) in [6, 6.07) is 17.3. The summed E-state index contributed by atoms with van der Waals surface area (Å²) in [6.07, 6.45) is -0.428. The second kappa shape index (κ2) is 9.21. The maximum atomic E-state index is 12.3. The molecule has 8 nitrogen and oxygen atoms in total. The molecule has 2 aromatic carbocycles. The standard InChI is InChI=1S/C24H27N5O3/c1-15(2)21-14-31-24(30)29(21)23-27-17(4)26-22(28-23)25-16(3)18-10-12-20(13-11-18)32-19-8-6-5-7-9-19/h5-13,15-16,21H,14H2,1-4H3,(H,25,26,27,28)/t16-,21+/m0/s1. The van der Waals surface area contributed by atoms with Crippen LogP contribution in [-0.2, 0) is 4.74 Å². The molecule has 0 unspecified atom stereocenters. The number of rotatable bonds is 7. The first kappa shape index (κ1) is 21.5. The Morgan fingerprint density at radius 3 is 2.38 bits per heavy atom. The average Bonchev–Trinajstić information content (AvgIpc) is 3.16. The fraction of sp³-hybridized carbons (Fsp3) is 0.333. The summed E-state index contributed by atoms with van der Waals surface area (Å²) in [6.45, 7) is 8.22. The van der Waals surface area contributed by atoms with Crippen LogP contribution in [0.5, 0.6) is 11.5 Å². The number of hydrogen-bond donors (Lipinski definition) is 1. The Kier molecular flexibility index (Phi) is 6.20. The number of amides is 1. The van der Waals surface area contributed by atoms with Crippen molar-refractivity contribution in [1.29, 1.82) is 0 Å². The number of nitrogens with zero attached hydrogens (tertiary/aromatic N) is 4. The van der Waals surface area contributed by atoms with Crippen LogP contribution in [0.25, 0.3) is 0 Å². The third-order valence-electron chi connectivity index (χ3n) is 5.33. The summed E-state index contributed by atoms with van der Waals surface area (Å²) in [5.74, 6) is 3.01. The molecule has 1 amide bonds. The maximum Gasteiger partial charge on any atom is 0.417 e. The van der Waals surface area contributed by atoms with Crippen LogP contribution in [-0.4, -0.2) is 33.7 Å². The third-order valence-corrected chi connectivity index (χ3v) is 5.33. The lowest BCUT2D eigenvalue weighted by Crippen LogP contribution is -2.38. The maximum absolute atomic E-state index is 12.3. The van der Waals surface area contributed by atoms with E-state index >= 15 is 0 Å². The van der Waals surface area contributed by atoms with Crippen LogP contribution in [0.2, 0.25) is 0 Å². The number of carbonyl (C=O) groups is 1. The van der Waals surface area contributed by atoms with Crippen molar-refractivity contribution in [3.63, 3.8) is 0 Å². The molecule has 1 aromatic heterocycles. The zero-order chi connectivity index (χ0) is 22.7. The molecule has 0 spiro atoms. The van der Waals surface area contributed by atoms with Gasteiger partial charge in [0.05, 0.1) is 12.1 Å². The molecule has 0 radical (unpaired) electrons. The van der Waals surface area contributed by atoms with Gasteiger partial charge in [-0.1, -0.05) is 44.2 Å². The SMILES string of the molecule is Cc1nc(N[C@@H](C)c2ccc(Oc3ccccc3)cc2)nc(N2C(=O)OC[C@@H]2C(C)C)n1. The minimum atomic E-state index is -0.428. The van der Waals surface area contributed by atoms with E-state index < -0.39 is 6.09 Å². The normalized spacial score (nSPS) is 16.7. The molecule has 8 heteroatoms. The first-order valence-electron chi connectivity index (χ1n) is 10.7. The zero-order valence-corrected chi connectivity index (χ0v) is 18.6. The van der Waals surface area contributed by atoms with E-state index in [4.69, 9.17) is 9.47 Å². The minimum absolute atomic E-state index is 0.0677. The van der Waals surface area contributed by atoms with Gasteiger partial charge in [-0.05, 0) is 49.6 Å². The summed E-state index contributed by atoms with van der Waals surface area (Å²) in [4.78, 5) is 27.1. The van der Waals surface area contributed by atoms with E-state index in [-0.39, 0.29) is 18.0 Å². The monoisotopic (exact) mass is 433 g/mol. The number of benzene rings is 2. The molecule has 2 atom stereocenters. The molecule has 4 rings (SSSR count). The quantitative estimate of drug-likeness (QED) is 0.553. The highest BCUT2D eigenvalue weighted by atomic mass is 16.6. The van der Waals surface area contributed by atoms with E-state index in [0.29, 0.717) is 24.3 Å². The van der Waals surface area contributed by atoms with Crippen LogP contribution in [0.4, 0.5) is 16.7 Å². The van der Waals surface area contributed by atoms with Gasteiger partial charge in [-0.3, -0.25) is 0 Å². The molecule has 0 bridgehead atoms. The van der Waals surface area contributed by atoms with Gasteiger partial charge < -0.3 is 14.8 Å². The van der Waals surface area contributed by atoms with Crippen molar-refractivity contribution in [2.75, 3.05) is 16.8 Å². The van der Waals surface area contributed by atoms with Gasteiger partial charge in [0.25, 0.3) is 0 Å². The Hall–Kier alpha value is -3.68. The van der Waals surface area contributed by atoms with Gasteiger partial charge in [0, 0.05) is 0 Å². The molecule has 0 saturated carbocycles. The number of para-hydroxylation sites is 1. The number of aryl methyl sites for hydroxylation is 1. The van der Waals surface area contributed by atoms with Gasteiger partial charge in [0.15, 0.2) is 0 Å². The number of cyclic esters (lactones) is 1. The first-order valence-corrected chi connectivity index (χ1v) is 10.7. The summed E-state index contributed by atoms with van der Waals surface area (Å²) in [5.41, 5.74) is 1.05. The topological polar surface area (TPSA) is 89.5 Å². The Morgan fingerprint density at radius 2 is 1.69 bits per heavy atom. The Labute approximate surface area is 187 Å². The van der Waals surface area contributed by atoms with Crippen LogP contribution < -0.4 is 15.0 Å². The Bertz CT molecular complexity index is 1070. The summed E-state index contributed by atoms with van der Waals surface area (Å²) >= 11 is 0. The van der Waals surface area contributed by atoms with Crippen molar-refractivity contribution in [1.82, 2.24) is 15.0 Å². The molecule has 3 aromatic rings. The number of anilines is 2. The largest absolute Gasteiger partial charge is 0.457 e. The average molecular weight is 434 g/mol. The van der Waals surface area contributed by atoms with E-state index in [1.54, 1.807) is 6.92 Å². The highest BCUT2D eigenvalue weighted by Gasteiger charge is 2.38. The molecule has 1 saturated heterocycles. The highest BCUT2D eigenvalue weighted by Crippen LogP contribution is 2.27. The van der Waals surface area contributed by atoms with E-state index in [1.807, 2.05) is 75.4 Å². The zero-order valence-electron chi connectivity index (χ0n) is 18.6. The minimum Gasteiger partial charge on any atom is -0.457 e. The number of aromatic nitrogens is 3. The van der Waals surface area contributed by atoms with Crippen molar-refractivity contribution < 1.29 is 14.3 Å². The predicted octanol–water partition coefficient (Wildman–Crippen LogP) is 5.13. The van der Waals surface area contributed by atoms with Gasteiger partial charge in [-0.2, -0.15) is 15.0 Å². The molecule has 1 fully saturated rings. The van der Waals surface area contributed by atoms with Crippen molar-refractivity contribution in [3.8, 4) is 11.5 Å². The van der Waals surface area contributed by atoms with Crippen LogP contribution in [0.1, 0.15) is 38.2 Å². The summed E-state index contributed by atoms with van der Waals surface area (Å²) < 4.78 is 11.1. The molecular weight excluding hydrogens is 406 g/mol. The van der Waals surface area contributed by atoms with Crippen molar-refractivity contribution in [2.45, 2.75) is 39.8 Å². The molecule has 1 N–H and O–H groups in total. The lowest BCUT2D eigenvalue weighted by molar-refractivity contribution is 0.177. The predicted molar refractivity (Wildman–Crippen MR) is 122 cm³/mol. The van der Waals surface area contributed by atoms with E-state index in [0.717, 1.165) is 17.1 Å². The molecule has 1 aliphatic heterocycles. The van der Waals surface area contributed by atoms with Crippen LogP contribution in [0.3, 0.4) is 0 Å². The van der Waals surface area contributed by atoms with Crippen LogP contribution in [0.15, 0.2) is 54.6 Å². The second-order valence-corrected chi connectivity index (χ2v) is 8.11. The lowest BCUT2D eigenvalue weighted by Gasteiger charge is -2.23. The van der Waals surface area contributed by atoms with Gasteiger partial charge in [0.2, 0.25) is 11.9 Å². The smallest absolute Gasteiger partial charge is 0.417 e. The Morgan fingerprint density at radius 1 is 1.00 bits per heavy atom. The van der Waals surface area contributed by atoms with Gasteiger partial charge in [0.1, 0.15) is 23.9 Å². The number of nitrogens with one attached hydrogen (secondary N) is 1. The molecular formula is C24H27N5O3. The van der Waals surface area contributed by atoms with E-state index in [9.17, 15) is 4.79 Å². The number of ether oxygens (including phenoxy) is 2. The van der Waals surface area contributed by atoms with Gasteiger partial charge in [-0.25, -0.2) is 9.69 Å². The van der Waals surface area contributed by atoms with Crippen molar-refractivity contribution in [2.24, 2.45) is 5.92 Å². The van der Waals surface area contributed by atoms with E-state index in [2.05, 4.69) is 20.3 Å². The first-order chi connectivity index (χ1) is 15.4. The third kappa shape index (κ3) is 4.80. The van der Waals surface area contributed by atoms with Gasteiger partial charge >= 0.3 is 6.09 Å². The summed E-state index contributed by atoms with van der Waals surface area (Å²) in [7, 11) is 0. The number of hydrogen-bond acceptors (Lipinski definition) is 7. The molecule has 0 aliphatic carbocycles. The Balaban J connectivity index is 1.48. The molecule has 166 valence electrons. The van der Waals surface area contributed by atoms with Gasteiger partial charge in [-0.15, -0.1) is 0 Å². The molecule has 2 heterocycles. The van der Waals surface area contributed by atoms with Crippen molar-refractivity contribution in [3.05, 3.63) is 66.0 Å². The van der Waals surface area contributed by atoms with Crippen molar-refractivity contribution >= 4 is 18.0 Å². The lowest BCUT2D eigenvalue weighted by atomic mass is 10.1. The fourth-order valence-electron chi connectivity index (χ4n) is 3.52. The fourth-order valence-corrected chi connectivity index (χ4v) is 3.52. The van der Waals surface area contributed by atoms with E-state index in [1.165, 1.54) is 4.90 Å². The van der Waals surface area contributed by atoms with Crippen LogP contribution in [0, 0.1) is 12.8 Å². The second-order valence-electron chi connectivity index (χ2n) is 8.11. The highest BCUT2D eigenvalue weighted by molar-refractivity contribution is 5.88. The molecule has 32 heavy (non-hydrogen) atoms. The van der Waals surface area contributed by atoms with Crippen LogP contribution >= 0.6 is 0 Å².